The van der Waals surface area contributed by atoms with Gasteiger partial charge in [-0.05, 0) is 43.4 Å². The molecule has 120 valence electrons. The molecule has 0 radical (unpaired) electrons. The lowest BCUT2D eigenvalue weighted by molar-refractivity contribution is -0.117. The highest BCUT2D eigenvalue weighted by Crippen LogP contribution is 2.20. The first-order chi connectivity index (χ1) is 11.1. The molecule has 1 N–H and O–H groups in total. The van der Waals surface area contributed by atoms with Crippen molar-refractivity contribution in [2.45, 2.75) is 38.6 Å². The first-order valence-electron chi connectivity index (χ1n) is 7.78. The largest absolute Gasteiger partial charge is 0.323 e. The van der Waals surface area contributed by atoms with E-state index in [1.807, 2.05) is 0 Å². The average molecular weight is 332 g/mol. The summed E-state index contributed by atoms with van der Waals surface area (Å²) in [4.78, 5) is 24.3. The van der Waals surface area contributed by atoms with Crippen LogP contribution < -0.4 is 10.9 Å². The summed E-state index contributed by atoms with van der Waals surface area (Å²) in [6.45, 7) is -0.114. The van der Waals surface area contributed by atoms with Crippen LogP contribution in [0.15, 0.2) is 35.1 Å². The van der Waals surface area contributed by atoms with Crippen molar-refractivity contribution in [1.29, 1.82) is 0 Å². The summed E-state index contributed by atoms with van der Waals surface area (Å²) in [5.41, 5.74) is 2.25. The van der Waals surface area contributed by atoms with Crippen LogP contribution in [0.5, 0.6) is 0 Å². The summed E-state index contributed by atoms with van der Waals surface area (Å²) in [6.07, 6.45) is 5.07. The molecule has 0 saturated carbocycles. The first kappa shape index (κ1) is 15.7. The maximum absolute atomic E-state index is 12.2. The molecule has 1 aliphatic rings. The number of halogens is 1. The molecule has 5 nitrogen and oxygen atoms in total. The van der Waals surface area contributed by atoms with Gasteiger partial charge in [0.15, 0.2) is 0 Å². The van der Waals surface area contributed by atoms with Gasteiger partial charge in [0.1, 0.15) is 6.54 Å². The second kappa shape index (κ2) is 6.96. The fourth-order valence-corrected chi connectivity index (χ4v) is 2.96. The number of rotatable bonds is 3. The number of amides is 1. The summed E-state index contributed by atoms with van der Waals surface area (Å²) >= 11 is 6.02. The third-order valence-electron chi connectivity index (χ3n) is 3.97. The lowest BCUT2D eigenvalue weighted by Gasteiger charge is -2.10. The Morgan fingerprint density at radius 1 is 1.22 bits per heavy atom. The first-order valence-corrected chi connectivity index (χ1v) is 8.15. The Hall–Kier alpha value is -2.14. The normalized spacial score (nSPS) is 14.0. The van der Waals surface area contributed by atoms with Crippen LogP contribution in [0.4, 0.5) is 5.69 Å². The van der Waals surface area contributed by atoms with Gasteiger partial charge in [-0.15, -0.1) is 0 Å². The van der Waals surface area contributed by atoms with Gasteiger partial charge < -0.3 is 5.32 Å². The minimum Gasteiger partial charge on any atom is -0.323 e. The van der Waals surface area contributed by atoms with Crippen molar-refractivity contribution in [1.82, 2.24) is 9.78 Å². The van der Waals surface area contributed by atoms with Gasteiger partial charge in [-0.25, -0.2) is 4.68 Å². The van der Waals surface area contributed by atoms with Gasteiger partial charge in [-0.1, -0.05) is 30.2 Å². The Balaban J connectivity index is 1.77. The highest BCUT2D eigenvalue weighted by atomic mass is 35.5. The lowest BCUT2D eigenvalue weighted by Crippen LogP contribution is -2.30. The van der Waals surface area contributed by atoms with Crippen molar-refractivity contribution in [2.24, 2.45) is 0 Å². The molecule has 1 amide bonds. The van der Waals surface area contributed by atoms with Crippen LogP contribution in [0.2, 0.25) is 5.02 Å². The minimum atomic E-state index is -0.318. The maximum atomic E-state index is 12.2. The van der Waals surface area contributed by atoms with E-state index in [4.69, 9.17) is 11.6 Å². The van der Waals surface area contributed by atoms with Crippen LogP contribution in [-0.4, -0.2) is 15.7 Å². The Morgan fingerprint density at radius 3 is 2.83 bits per heavy atom. The van der Waals surface area contributed by atoms with Gasteiger partial charge >= 0.3 is 0 Å². The third kappa shape index (κ3) is 3.79. The number of nitrogens with zero attached hydrogens (tertiary/aromatic N) is 2. The highest BCUT2D eigenvalue weighted by Gasteiger charge is 2.14. The highest BCUT2D eigenvalue weighted by molar-refractivity contribution is 6.33. The summed E-state index contributed by atoms with van der Waals surface area (Å²) in [5, 5.41) is 7.56. The van der Waals surface area contributed by atoms with E-state index in [1.54, 1.807) is 30.3 Å². The van der Waals surface area contributed by atoms with Crippen molar-refractivity contribution in [3.05, 3.63) is 57.0 Å². The molecule has 0 saturated heterocycles. The van der Waals surface area contributed by atoms with E-state index in [0.717, 1.165) is 43.4 Å². The topological polar surface area (TPSA) is 64.0 Å². The van der Waals surface area contributed by atoms with E-state index in [0.29, 0.717) is 10.7 Å². The number of fused-ring (bicyclic) bond motifs is 1. The Morgan fingerprint density at radius 2 is 2.00 bits per heavy atom. The van der Waals surface area contributed by atoms with Crippen LogP contribution in [0.1, 0.15) is 30.5 Å². The van der Waals surface area contributed by atoms with Crippen LogP contribution in [0.25, 0.3) is 0 Å². The molecule has 6 heteroatoms. The molecule has 0 bridgehead atoms. The van der Waals surface area contributed by atoms with Gasteiger partial charge in [-0.3, -0.25) is 9.59 Å². The number of benzene rings is 1. The molecule has 0 spiro atoms. The Bertz CT molecular complexity index is 786. The van der Waals surface area contributed by atoms with Crippen LogP contribution >= 0.6 is 11.6 Å². The summed E-state index contributed by atoms with van der Waals surface area (Å²) < 4.78 is 1.23. The number of carbonyl (C=O) groups is 1. The van der Waals surface area contributed by atoms with Crippen molar-refractivity contribution in [3.63, 3.8) is 0 Å². The molecule has 0 unspecified atom stereocenters. The third-order valence-corrected chi connectivity index (χ3v) is 4.29. The van der Waals surface area contributed by atoms with Crippen LogP contribution in [0.3, 0.4) is 0 Å². The molecule has 0 fully saturated rings. The van der Waals surface area contributed by atoms with Crippen molar-refractivity contribution >= 4 is 23.2 Å². The van der Waals surface area contributed by atoms with E-state index in [2.05, 4.69) is 10.4 Å². The SMILES string of the molecule is O=C(Cn1nc2c(cc1=O)CCCCC2)Nc1ccccc1Cl. The molecule has 0 atom stereocenters. The Labute approximate surface area is 139 Å². The Kier molecular flexibility index (Phi) is 4.76. The van der Waals surface area contributed by atoms with Gasteiger partial charge in [0.25, 0.3) is 5.56 Å². The molecular formula is C17H18ClN3O2. The second-order valence-electron chi connectivity index (χ2n) is 5.70. The molecule has 1 aliphatic carbocycles. The number of hydrogen-bond donors (Lipinski definition) is 1. The summed E-state index contributed by atoms with van der Waals surface area (Å²) in [6, 6.07) is 8.61. The number of hydrogen-bond acceptors (Lipinski definition) is 3. The molecule has 3 rings (SSSR count). The summed E-state index contributed by atoms with van der Waals surface area (Å²) in [5.74, 6) is -0.318. The molecule has 2 aromatic rings. The molecule has 1 aromatic heterocycles. The second-order valence-corrected chi connectivity index (χ2v) is 6.11. The predicted molar refractivity (Wildman–Crippen MR) is 89.8 cm³/mol. The molecule has 1 heterocycles. The average Bonchev–Trinajstić information content (AvgIpc) is 2.75. The zero-order chi connectivity index (χ0) is 16.2. The van der Waals surface area contributed by atoms with Gasteiger partial charge in [0.05, 0.1) is 16.4 Å². The number of anilines is 1. The minimum absolute atomic E-state index is 0.114. The summed E-state index contributed by atoms with van der Waals surface area (Å²) in [7, 11) is 0. The van der Waals surface area contributed by atoms with E-state index in [-0.39, 0.29) is 18.0 Å². The van der Waals surface area contributed by atoms with E-state index < -0.39 is 0 Å². The van der Waals surface area contributed by atoms with Gasteiger partial charge in [0, 0.05) is 6.07 Å². The van der Waals surface area contributed by atoms with Gasteiger partial charge in [-0.2, -0.15) is 5.10 Å². The zero-order valence-electron chi connectivity index (χ0n) is 12.7. The van der Waals surface area contributed by atoms with Crippen molar-refractivity contribution in [3.8, 4) is 0 Å². The lowest BCUT2D eigenvalue weighted by atomic mass is 10.1. The number of carbonyl (C=O) groups excluding carboxylic acids is 1. The number of para-hydroxylation sites is 1. The van der Waals surface area contributed by atoms with E-state index in [1.165, 1.54) is 4.68 Å². The number of nitrogens with one attached hydrogen (secondary N) is 1. The fraction of sp³-hybridized carbons (Fsp3) is 0.353. The van der Waals surface area contributed by atoms with Gasteiger partial charge in [0.2, 0.25) is 5.91 Å². The zero-order valence-corrected chi connectivity index (χ0v) is 13.5. The van der Waals surface area contributed by atoms with E-state index in [9.17, 15) is 9.59 Å². The number of aryl methyl sites for hydroxylation is 2. The quantitative estimate of drug-likeness (QED) is 0.880. The maximum Gasteiger partial charge on any atom is 0.267 e. The number of aromatic nitrogens is 2. The molecule has 1 aromatic carbocycles. The smallest absolute Gasteiger partial charge is 0.267 e. The predicted octanol–water partition coefficient (Wildman–Crippen LogP) is 2.80. The standard InChI is InChI=1S/C17H18ClN3O2/c18-13-7-4-5-9-15(13)19-16(22)11-21-17(23)10-12-6-2-1-3-8-14(12)20-21/h4-5,7,9-10H,1-3,6,8,11H2,(H,19,22). The molecule has 0 aliphatic heterocycles. The molecular weight excluding hydrogens is 314 g/mol. The van der Waals surface area contributed by atoms with Crippen LogP contribution in [0, 0.1) is 0 Å². The van der Waals surface area contributed by atoms with Crippen LogP contribution in [-0.2, 0) is 24.2 Å². The molecule has 23 heavy (non-hydrogen) atoms. The monoisotopic (exact) mass is 331 g/mol. The fourth-order valence-electron chi connectivity index (χ4n) is 2.78. The van der Waals surface area contributed by atoms with E-state index >= 15 is 0 Å². The van der Waals surface area contributed by atoms with Crippen molar-refractivity contribution in [2.75, 3.05) is 5.32 Å². The van der Waals surface area contributed by atoms with Crippen molar-refractivity contribution < 1.29 is 4.79 Å².